The van der Waals surface area contributed by atoms with Gasteiger partial charge in [-0.2, -0.15) is 0 Å². The van der Waals surface area contributed by atoms with E-state index >= 15 is 0 Å². The van der Waals surface area contributed by atoms with Gasteiger partial charge in [-0.1, -0.05) is 94.1 Å². The van der Waals surface area contributed by atoms with Crippen LogP contribution in [0.4, 0.5) is 11.4 Å². The Hall–Kier alpha value is -4.76. The Morgan fingerprint density at radius 3 is 2.20 bits per heavy atom. The van der Waals surface area contributed by atoms with Gasteiger partial charge in [0.2, 0.25) is 15.9 Å². The summed E-state index contributed by atoms with van der Waals surface area (Å²) < 4.78 is 37.9. The summed E-state index contributed by atoms with van der Waals surface area (Å²) in [5.41, 5.74) is -0.267. The summed E-state index contributed by atoms with van der Waals surface area (Å²) in [4.78, 5) is 30.0. The van der Waals surface area contributed by atoms with E-state index in [1.54, 1.807) is 36.4 Å². The maximum atomic E-state index is 14.4. The Morgan fingerprint density at radius 1 is 0.946 bits per heavy atom. The zero-order valence-electron chi connectivity index (χ0n) is 32.2. The van der Waals surface area contributed by atoms with Crippen LogP contribution >= 0.6 is 11.8 Å². The van der Waals surface area contributed by atoms with Crippen LogP contribution in [0.1, 0.15) is 76.5 Å². The van der Waals surface area contributed by atoms with Crippen molar-refractivity contribution in [2.24, 2.45) is 0 Å². The second-order valence-corrected chi connectivity index (χ2v) is 16.9. The number of anilines is 2. The van der Waals surface area contributed by atoms with E-state index in [-0.39, 0.29) is 28.6 Å². The molecule has 12 nitrogen and oxygen atoms in total. The fraction of sp³-hybridized carbons (Fsp3) is 0.381. The largest absolute Gasteiger partial charge is 0.504 e. The molecule has 2 atom stereocenters. The standard InChI is InChI=1S/C42H52N4O8S2/c1-5-7-21-42(22-8-6-2)28-46(31-17-13-10-14-18-31)32-24-36(55-4)35(25-37(32)56(52,53)45-42)54-27-38(49)43-39(30-15-11-9-12-16-30)40(50)44-41(3,51)26-29-19-20-33(47)34(48)23-29/h9-20,23-25,39,45,47-48,51H,5-8,21-22,26-28H2,1-4H3,(H,43,49)(H,44,50)/t39-,41+/m0/s1. The van der Waals surface area contributed by atoms with Crippen molar-refractivity contribution in [3.05, 3.63) is 102 Å². The molecule has 2 amide bonds. The minimum atomic E-state index is -4.07. The molecule has 0 fully saturated rings. The quantitative estimate of drug-likeness (QED) is 0.0384. The second-order valence-electron chi connectivity index (χ2n) is 14.4. The van der Waals surface area contributed by atoms with Gasteiger partial charge in [0.25, 0.3) is 5.91 Å². The number of aromatic hydroxyl groups is 2. The van der Waals surface area contributed by atoms with Gasteiger partial charge in [0.05, 0.1) is 16.1 Å². The molecule has 6 N–H and O–H groups in total. The maximum Gasteiger partial charge on any atom is 0.258 e. The van der Waals surface area contributed by atoms with Crippen LogP contribution in [0, 0.1) is 0 Å². The smallest absolute Gasteiger partial charge is 0.258 e. The molecule has 56 heavy (non-hydrogen) atoms. The molecule has 0 radical (unpaired) electrons. The van der Waals surface area contributed by atoms with Crippen LogP contribution in [0.25, 0.3) is 0 Å². The SMILES string of the molecule is CCCCC1(CCCC)CN(c2ccccc2)c2cc(SC)c(OCC(=O)N[C@H](C(=O)N[C@](C)(O)Cc3ccc(O)c(O)c3)c3ccccc3)cc2S(=O)(=O)N1. The lowest BCUT2D eigenvalue weighted by atomic mass is 9.87. The third kappa shape index (κ3) is 10.5. The molecule has 300 valence electrons. The van der Waals surface area contributed by atoms with E-state index in [0.29, 0.717) is 41.1 Å². The molecule has 14 heteroatoms. The van der Waals surface area contributed by atoms with Crippen LogP contribution in [0.2, 0.25) is 0 Å². The summed E-state index contributed by atoms with van der Waals surface area (Å²) in [6.07, 6.45) is 6.62. The molecule has 4 aromatic carbocycles. The van der Waals surface area contributed by atoms with Gasteiger partial charge in [0.1, 0.15) is 22.4 Å². The number of phenols is 2. The molecule has 1 heterocycles. The highest BCUT2D eigenvalue weighted by atomic mass is 32.2. The summed E-state index contributed by atoms with van der Waals surface area (Å²) in [7, 11) is -4.07. The summed E-state index contributed by atoms with van der Waals surface area (Å²) >= 11 is 1.36. The van der Waals surface area contributed by atoms with Gasteiger partial charge in [-0.05, 0) is 67.5 Å². The minimum absolute atomic E-state index is 0.0372. The van der Waals surface area contributed by atoms with Crippen LogP contribution in [-0.2, 0) is 26.0 Å². The number of nitrogens with zero attached hydrogens (tertiary/aromatic N) is 1. The molecular formula is C42H52N4O8S2. The minimum Gasteiger partial charge on any atom is -0.504 e. The molecule has 0 unspecified atom stereocenters. The Morgan fingerprint density at radius 2 is 1.59 bits per heavy atom. The number of carbonyl (C=O) groups excluding carboxylic acids is 2. The van der Waals surface area contributed by atoms with Gasteiger partial charge in [-0.25, -0.2) is 13.1 Å². The van der Waals surface area contributed by atoms with Gasteiger partial charge in [0, 0.05) is 24.7 Å². The summed E-state index contributed by atoms with van der Waals surface area (Å²) in [6, 6.07) is 24.3. The Bertz CT molecular complexity index is 2070. The van der Waals surface area contributed by atoms with Gasteiger partial charge in [-0.15, -0.1) is 11.8 Å². The summed E-state index contributed by atoms with van der Waals surface area (Å²) in [5.74, 6) is -1.86. The normalized spacial score (nSPS) is 16.1. The molecule has 0 bridgehead atoms. The third-order valence-electron chi connectivity index (χ3n) is 9.76. The molecular weight excluding hydrogens is 753 g/mol. The van der Waals surface area contributed by atoms with Crippen LogP contribution in [0.5, 0.6) is 17.2 Å². The van der Waals surface area contributed by atoms with Gasteiger partial charge in [-0.3, -0.25) is 9.59 Å². The van der Waals surface area contributed by atoms with Gasteiger partial charge in [0.15, 0.2) is 18.1 Å². The lowest BCUT2D eigenvalue weighted by molar-refractivity contribution is -0.134. The number of sulfonamides is 1. The number of unbranched alkanes of at least 4 members (excludes halogenated alkanes) is 2. The number of nitrogens with one attached hydrogen (secondary N) is 3. The number of thioether (sulfide) groups is 1. The number of hydrogen-bond donors (Lipinski definition) is 6. The van der Waals surface area contributed by atoms with Crippen LogP contribution in [0.15, 0.2) is 101 Å². The highest BCUT2D eigenvalue weighted by Crippen LogP contribution is 2.44. The summed E-state index contributed by atoms with van der Waals surface area (Å²) in [5, 5.41) is 36.0. The second kappa shape index (κ2) is 18.5. The molecule has 5 rings (SSSR count). The highest BCUT2D eigenvalue weighted by Gasteiger charge is 2.42. The molecule has 0 saturated carbocycles. The number of hydrogen-bond acceptors (Lipinski definition) is 10. The summed E-state index contributed by atoms with van der Waals surface area (Å²) in [6.45, 7) is 5.46. The van der Waals surface area contributed by atoms with Crippen molar-refractivity contribution in [1.29, 1.82) is 0 Å². The predicted octanol–water partition coefficient (Wildman–Crippen LogP) is 6.67. The number of phenolic OH excluding ortho intramolecular Hbond substituents is 2. The van der Waals surface area contributed by atoms with Crippen molar-refractivity contribution in [2.75, 3.05) is 24.3 Å². The molecule has 0 aliphatic carbocycles. The maximum absolute atomic E-state index is 14.4. The van der Waals surface area contributed by atoms with Crippen molar-refractivity contribution in [3.8, 4) is 17.2 Å². The number of para-hydroxylation sites is 1. The average molecular weight is 805 g/mol. The lowest BCUT2D eigenvalue weighted by Crippen LogP contribution is -2.53. The highest BCUT2D eigenvalue weighted by molar-refractivity contribution is 7.98. The van der Waals surface area contributed by atoms with E-state index < -0.39 is 45.8 Å². The van der Waals surface area contributed by atoms with E-state index in [0.717, 1.165) is 31.4 Å². The van der Waals surface area contributed by atoms with Crippen molar-refractivity contribution in [1.82, 2.24) is 15.4 Å². The fourth-order valence-corrected chi connectivity index (χ4v) is 9.20. The molecule has 1 aliphatic heterocycles. The number of aliphatic hydroxyl groups is 1. The molecule has 4 aromatic rings. The van der Waals surface area contributed by atoms with Crippen LogP contribution in [0.3, 0.4) is 0 Å². The first-order valence-electron chi connectivity index (χ1n) is 18.8. The van der Waals surface area contributed by atoms with E-state index in [9.17, 15) is 33.3 Å². The van der Waals surface area contributed by atoms with Crippen molar-refractivity contribution in [2.45, 2.75) is 92.8 Å². The molecule has 0 aromatic heterocycles. The Labute approximate surface area is 333 Å². The Balaban J connectivity index is 1.41. The van der Waals surface area contributed by atoms with E-state index in [1.807, 2.05) is 36.6 Å². The average Bonchev–Trinajstić information content (AvgIpc) is 3.27. The van der Waals surface area contributed by atoms with Crippen molar-refractivity contribution < 1.29 is 38.1 Å². The van der Waals surface area contributed by atoms with Crippen LogP contribution < -0.4 is 25.0 Å². The zero-order chi connectivity index (χ0) is 40.5. The number of fused-ring (bicyclic) bond motifs is 1. The lowest BCUT2D eigenvalue weighted by Gasteiger charge is -2.37. The number of amides is 2. The molecule has 0 spiro atoms. The first-order valence-corrected chi connectivity index (χ1v) is 21.5. The van der Waals surface area contributed by atoms with E-state index in [1.165, 1.54) is 43.0 Å². The first-order chi connectivity index (χ1) is 26.7. The van der Waals surface area contributed by atoms with Crippen LogP contribution in [-0.4, -0.2) is 66.2 Å². The third-order valence-corrected chi connectivity index (χ3v) is 12.1. The fourth-order valence-electron chi connectivity index (χ4n) is 6.99. The van der Waals surface area contributed by atoms with Gasteiger partial charge < -0.3 is 35.6 Å². The van der Waals surface area contributed by atoms with E-state index in [4.69, 9.17) is 4.74 Å². The topological polar surface area (TPSA) is 178 Å². The number of rotatable bonds is 17. The number of benzene rings is 4. The first kappa shape index (κ1) is 42.4. The van der Waals surface area contributed by atoms with E-state index in [2.05, 4.69) is 34.1 Å². The zero-order valence-corrected chi connectivity index (χ0v) is 33.9. The predicted molar refractivity (Wildman–Crippen MR) is 219 cm³/mol. The number of carbonyl (C=O) groups is 2. The van der Waals surface area contributed by atoms with Gasteiger partial charge >= 0.3 is 0 Å². The molecule has 1 aliphatic rings. The van der Waals surface area contributed by atoms with Crippen molar-refractivity contribution >= 4 is 45.0 Å². The van der Waals surface area contributed by atoms with Crippen molar-refractivity contribution in [3.63, 3.8) is 0 Å². The monoisotopic (exact) mass is 804 g/mol. The Kier molecular flexibility index (Phi) is 14.0. The number of ether oxygens (including phenoxy) is 1. The molecule has 0 saturated heterocycles.